The van der Waals surface area contributed by atoms with Crippen LogP contribution in [-0.2, 0) is 10.8 Å². The highest BCUT2D eigenvalue weighted by Gasteiger charge is 2.26. The minimum absolute atomic E-state index is 0.342. The highest BCUT2D eigenvalue weighted by molar-refractivity contribution is 8.00. The maximum absolute atomic E-state index is 11.9. The normalized spacial score (nSPS) is 28.1. The number of hydrogen-bond acceptors (Lipinski definition) is 3. The van der Waals surface area contributed by atoms with Crippen molar-refractivity contribution in [2.24, 2.45) is 0 Å². The van der Waals surface area contributed by atoms with Crippen LogP contribution in [0.3, 0.4) is 0 Å². The molecule has 0 aromatic rings. The third-order valence-electron chi connectivity index (χ3n) is 3.57. The van der Waals surface area contributed by atoms with Gasteiger partial charge in [-0.15, -0.1) is 0 Å². The van der Waals surface area contributed by atoms with Crippen molar-refractivity contribution in [3.8, 4) is 0 Å². The van der Waals surface area contributed by atoms with Crippen LogP contribution < -0.4 is 5.32 Å². The largest absolute Gasteiger partial charge is 0.311 e. The summed E-state index contributed by atoms with van der Waals surface area (Å²) in [4.78, 5) is 0. The van der Waals surface area contributed by atoms with E-state index in [1.54, 1.807) is 0 Å². The van der Waals surface area contributed by atoms with Gasteiger partial charge in [0.2, 0.25) is 0 Å². The summed E-state index contributed by atoms with van der Waals surface area (Å²) in [5.74, 6) is 1.97. The molecule has 2 nitrogen and oxygen atoms in total. The van der Waals surface area contributed by atoms with Crippen molar-refractivity contribution in [1.29, 1.82) is 0 Å². The van der Waals surface area contributed by atoms with Gasteiger partial charge in [-0.05, 0) is 26.2 Å². The molecular formula is C15H31NOS2. The molecule has 0 heterocycles. The van der Waals surface area contributed by atoms with Crippen molar-refractivity contribution in [3.63, 3.8) is 0 Å². The van der Waals surface area contributed by atoms with Crippen molar-refractivity contribution in [2.45, 2.75) is 82.4 Å². The summed E-state index contributed by atoms with van der Waals surface area (Å²) in [7, 11) is -0.612. The smallest absolute Gasteiger partial charge is 0.0362 e. The maximum atomic E-state index is 11.9. The molecule has 1 aliphatic carbocycles. The van der Waals surface area contributed by atoms with Gasteiger partial charge in [-0.2, -0.15) is 11.8 Å². The van der Waals surface area contributed by atoms with Gasteiger partial charge in [-0.3, -0.25) is 4.21 Å². The van der Waals surface area contributed by atoms with Crippen molar-refractivity contribution in [1.82, 2.24) is 5.32 Å². The number of thioether (sulfide) groups is 1. The molecule has 0 bridgehead atoms. The van der Waals surface area contributed by atoms with E-state index in [9.17, 15) is 4.21 Å². The van der Waals surface area contributed by atoms with Crippen LogP contribution in [0, 0.1) is 0 Å². The van der Waals surface area contributed by atoms with E-state index >= 15 is 0 Å². The fourth-order valence-corrected chi connectivity index (χ4v) is 4.79. The van der Waals surface area contributed by atoms with Crippen LogP contribution in [0.2, 0.25) is 0 Å². The zero-order valence-electron chi connectivity index (χ0n) is 13.2. The summed E-state index contributed by atoms with van der Waals surface area (Å²) in [5.41, 5.74) is 0. The maximum Gasteiger partial charge on any atom is 0.0362 e. The molecule has 0 aliphatic heterocycles. The standard InChI is InChI=1S/C15H31NOS2/c1-6-19(17)14-9-7-8-13(10-14)16-12(2)11-18-15(3,4)5/h12-14,16H,6-11H2,1-5H3/t12-,13-,14-,19+/m1/s1. The zero-order valence-corrected chi connectivity index (χ0v) is 14.8. The second kappa shape index (κ2) is 8.04. The second-order valence-corrected chi connectivity index (χ2v) is 10.5. The Kier molecular flexibility index (Phi) is 7.41. The van der Waals surface area contributed by atoms with Gasteiger partial charge >= 0.3 is 0 Å². The third-order valence-corrected chi connectivity index (χ3v) is 6.84. The van der Waals surface area contributed by atoms with Gasteiger partial charge in [0.05, 0.1) is 0 Å². The van der Waals surface area contributed by atoms with Crippen molar-refractivity contribution >= 4 is 22.6 Å². The lowest BCUT2D eigenvalue weighted by atomic mass is 9.94. The van der Waals surface area contributed by atoms with Crippen molar-refractivity contribution in [3.05, 3.63) is 0 Å². The highest BCUT2D eigenvalue weighted by Crippen LogP contribution is 2.26. The molecule has 1 rings (SSSR count). The lowest BCUT2D eigenvalue weighted by Gasteiger charge is -2.32. The Labute approximate surface area is 126 Å². The Morgan fingerprint density at radius 1 is 1.37 bits per heavy atom. The van der Waals surface area contributed by atoms with E-state index in [-0.39, 0.29) is 0 Å². The van der Waals surface area contributed by atoms with Gasteiger partial charge in [0.25, 0.3) is 0 Å². The van der Waals surface area contributed by atoms with Crippen LogP contribution >= 0.6 is 11.8 Å². The highest BCUT2D eigenvalue weighted by atomic mass is 32.2. The molecule has 4 heteroatoms. The molecule has 1 fully saturated rings. The summed E-state index contributed by atoms with van der Waals surface area (Å²) in [5, 5.41) is 4.17. The van der Waals surface area contributed by atoms with E-state index < -0.39 is 10.8 Å². The molecule has 114 valence electrons. The lowest BCUT2D eigenvalue weighted by molar-refractivity contribution is 0.357. The van der Waals surface area contributed by atoms with Crippen LogP contribution in [0.5, 0.6) is 0 Å². The summed E-state index contributed by atoms with van der Waals surface area (Å²) in [6.45, 7) is 11.1. The minimum Gasteiger partial charge on any atom is -0.311 e. The predicted octanol–water partition coefficient (Wildman–Crippen LogP) is 3.58. The Bertz CT molecular complexity index is 288. The Morgan fingerprint density at radius 3 is 2.63 bits per heavy atom. The quantitative estimate of drug-likeness (QED) is 0.813. The van der Waals surface area contributed by atoms with Gasteiger partial charge in [0.1, 0.15) is 0 Å². The van der Waals surface area contributed by atoms with Gasteiger partial charge in [0, 0.05) is 44.4 Å². The van der Waals surface area contributed by atoms with E-state index in [1.165, 1.54) is 12.8 Å². The monoisotopic (exact) mass is 305 g/mol. The molecule has 1 aliphatic rings. The third kappa shape index (κ3) is 7.14. The zero-order chi connectivity index (χ0) is 14.5. The predicted molar refractivity (Wildman–Crippen MR) is 89.5 cm³/mol. The van der Waals surface area contributed by atoms with Crippen molar-refractivity contribution in [2.75, 3.05) is 11.5 Å². The molecule has 1 N–H and O–H groups in total. The first-order valence-corrected chi connectivity index (χ1v) is 9.95. The lowest BCUT2D eigenvalue weighted by Crippen LogP contribution is -2.43. The molecule has 0 amide bonds. The molecule has 19 heavy (non-hydrogen) atoms. The Hall–Kier alpha value is 0.460. The topological polar surface area (TPSA) is 29.1 Å². The van der Waals surface area contributed by atoms with E-state index in [2.05, 4.69) is 33.0 Å². The molecule has 0 spiro atoms. The van der Waals surface area contributed by atoms with E-state index in [0.717, 1.165) is 24.3 Å². The molecular weight excluding hydrogens is 274 g/mol. The SMILES string of the molecule is CC[S@](=O)[C@@H]1CCC[C@@H](N[C@H](C)CSC(C)(C)C)C1. The van der Waals surface area contributed by atoms with Crippen LogP contribution in [0.15, 0.2) is 0 Å². The van der Waals surface area contributed by atoms with E-state index in [0.29, 0.717) is 22.1 Å². The Morgan fingerprint density at radius 2 is 2.05 bits per heavy atom. The van der Waals surface area contributed by atoms with E-state index in [4.69, 9.17) is 0 Å². The first-order chi connectivity index (χ1) is 8.81. The van der Waals surface area contributed by atoms with Crippen molar-refractivity contribution < 1.29 is 4.21 Å². The van der Waals surface area contributed by atoms with Gasteiger partial charge in [-0.1, -0.05) is 34.1 Å². The average Bonchev–Trinajstić information content (AvgIpc) is 2.35. The molecule has 1 saturated carbocycles. The van der Waals surface area contributed by atoms with E-state index in [1.807, 2.05) is 18.7 Å². The molecule has 0 aromatic heterocycles. The molecule has 0 saturated heterocycles. The first kappa shape index (κ1) is 17.5. The van der Waals surface area contributed by atoms with Gasteiger partial charge < -0.3 is 5.32 Å². The summed E-state index contributed by atoms with van der Waals surface area (Å²) in [6, 6.07) is 1.12. The first-order valence-electron chi connectivity index (χ1n) is 7.59. The summed E-state index contributed by atoms with van der Waals surface area (Å²) >= 11 is 2.02. The molecule has 0 unspecified atom stereocenters. The Balaban J connectivity index is 2.33. The van der Waals surface area contributed by atoms with Crippen LogP contribution in [0.25, 0.3) is 0 Å². The fourth-order valence-electron chi connectivity index (χ4n) is 2.60. The number of nitrogens with one attached hydrogen (secondary N) is 1. The van der Waals surface area contributed by atoms with Gasteiger partial charge in [-0.25, -0.2) is 0 Å². The molecule has 0 radical (unpaired) electrons. The van der Waals surface area contributed by atoms with Crippen LogP contribution in [-0.4, -0.2) is 37.8 Å². The molecule has 4 atom stereocenters. The molecule has 0 aromatic carbocycles. The average molecular weight is 306 g/mol. The fraction of sp³-hybridized carbons (Fsp3) is 1.00. The summed E-state index contributed by atoms with van der Waals surface area (Å²) < 4.78 is 12.3. The summed E-state index contributed by atoms with van der Waals surface area (Å²) in [6.07, 6.45) is 4.74. The van der Waals surface area contributed by atoms with Crippen LogP contribution in [0.4, 0.5) is 0 Å². The van der Waals surface area contributed by atoms with Crippen LogP contribution in [0.1, 0.15) is 60.3 Å². The minimum atomic E-state index is -0.612. The number of rotatable bonds is 6. The van der Waals surface area contributed by atoms with Gasteiger partial charge in [0.15, 0.2) is 0 Å². The second-order valence-electron chi connectivity index (χ2n) is 6.65. The number of hydrogen-bond donors (Lipinski definition) is 1.